The van der Waals surface area contributed by atoms with Crippen molar-refractivity contribution in [2.75, 3.05) is 13.1 Å². The quantitative estimate of drug-likeness (QED) is 0.137. The van der Waals surface area contributed by atoms with Crippen molar-refractivity contribution < 1.29 is 60.5 Å². The van der Waals surface area contributed by atoms with Gasteiger partial charge in [-0.25, -0.2) is 4.79 Å². The maximum atomic E-state index is 13.3. The van der Waals surface area contributed by atoms with Crippen LogP contribution in [0.2, 0.25) is 0 Å². The highest BCUT2D eigenvalue weighted by Crippen LogP contribution is 2.23. The monoisotopic (exact) mass is 684 g/mol. The Labute approximate surface area is 268 Å². The highest BCUT2D eigenvalue weighted by Gasteiger charge is 2.38. The number of halogens is 6. The Hall–Kier alpha value is -3.89. The van der Waals surface area contributed by atoms with Gasteiger partial charge in [-0.15, -0.1) is 0 Å². The summed E-state index contributed by atoms with van der Waals surface area (Å²) in [6.07, 6.45) is -8.10. The molecule has 1 aliphatic rings. The molecule has 0 aliphatic carbocycles. The highest BCUT2D eigenvalue weighted by molar-refractivity contribution is 5.93. The van der Waals surface area contributed by atoms with E-state index in [9.17, 15) is 50.6 Å². The number of piperidine rings is 1. The van der Waals surface area contributed by atoms with E-state index in [0.29, 0.717) is 25.7 Å². The van der Waals surface area contributed by atoms with Crippen LogP contribution in [0.15, 0.2) is 30.3 Å². The summed E-state index contributed by atoms with van der Waals surface area (Å²) in [5, 5.41) is 21.6. The molecule has 1 heterocycles. The first-order valence-electron chi connectivity index (χ1n) is 15.1. The molecular formula is C30H42F6N4O7. The molecule has 1 fully saturated rings. The minimum absolute atomic E-state index is 0.0298. The molecular weight excluding hydrogens is 642 g/mol. The van der Waals surface area contributed by atoms with Gasteiger partial charge in [-0.1, -0.05) is 56.5 Å². The number of carboxylic acid groups (broad SMARTS) is 2. The van der Waals surface area contributed by atoms with Gasteiger partial charge in [0.25, 0.3) is 0 Å². The number of hydrogen-bond donors (Lipinski definition) is 5. The van der Waals surface area contributed by atoms with Crippen LogP contribution >= 0.6 is 0 Å². The number of carbonyl (C=O) groups is 5. The van der Waals surface area contributed by atoms with Crippen molar-refractivity contribution >= 4 is 29.7 Å². The number of nitrogens with zero attached hydrogens (tertiary/aromatic N) is 1. The van der Waals surface area contributed by atoms with Gasteiger partial charge < -0.3 is 31.5 Å². The van der Waals surface area contributed by atoms with Crippen LogP contribution in [-0.2, 0) is 30.4 Å². The number of hydrogen-bond acceptors (Lipinski definition) is 6. The van der Waals surface area contributed by atoms with Crippen LogP contribution in [0.1, 0.15) is 70.3 Å². The number of amides is 3. The molecule has 11 nitrogen and oxygen atoms in total. The SMILES string of the molecule is CCCCC(NC(=O)[C@@H](CCCCC(F)(F)F)NC(=O)[C@H](N)Cc1ccccc1)C(=O)N1CCC(C(=O)O)CC1.O=C(O)C(F)(F)F. The van der Waals surface area contributed by atoms with E-state index < -0.39 is 66.6 Å². The number of nitrogens with one attached hydrogen (secondary N) is 2. The van der Waals surface area contributed by atoms with Gasteiger partial charge in [0.1, 0.15) is 12.1 Å². The van der Waals surface area contributed by atoms with Gasteiger partial charge in [0.05, 0.1) is 12.0 Å². The number of unbranched alkanes of at least 4 members (excludes halogenated alkanes) is 2. The van der Waals surface area contributed by atoms with E-state index in [0.717, 1.165) is 12.0 Å². The number of carboxylic acids is 2. The lowest BCUT2D eigenvalue weighted by molar-refractivity contribution is -0.192. The van der Waals surface area contributed by atoms with Gasteiger partial charge in [0, 0.05) is 19.5 Å². The summed E-state index contributed by atoms with van der Waals surface area (Å²) >= 11 is 0. The molecule has 47 heavy (non-hydrogen) atoms. The third-order valence-electron chi connectivity index (χ3n) is 7.33. The fourth-order valence-corrected chi connectivity index (χ4v) is 4.69. The van der Waals surface area contributed by atoms with Gasteiger partial charge in [0.15, 0.2) is 0 Å². The van der Waals surface area contributed by atoms with Crippen LogP contribution in [-0.4, -0.2) is 88.3 Å². The minimum Gasteiger partial charge on any atom is -0.481 e. The van der Waals surface area contributed by atoms with Gasteiger partial charge in [-0.2, -0.15) is 26.3 Å². The number of alkyl halides is 6. The predicted octanol–water partition coefficient (Wildman–Crippen LogP) is 3.80. The zero-order valence-electron chi connectivity index (χ0n) is 25.9. The number of carbonyl (C=O) groups excluding carboxylic acids is 3. The van der Waals surface area contributed by atoms with Crippen molar-refractivity contribution in [2.45, 2.75) is 102 Å². The first kappa shape index (κ1) is 41.1. The second-order valence-electron chi connectivity index (χ2n) is 11.2. The van der Waals surface area contributed by atoms with E-state index in [1.54, 1.807) is 24.3 Å². The summed E-state index contributed by atoms with van der Waals surface area (Å²) in [6.45, 7) is 2.43. The standard InChI is InChI=1S/C28H41F3N4O5.C2HF3O2/c1-2-3-11-23(26(38)35-16-13-20(14-17-35)27(39)40)34-25(37)22(12-7-8-15-28(29,30)31)33-24(36)21(32)18-19-9-5-4-6-10-19;3-2(4,5)1(6)7/h4-6,9-10,20-23H,2-3,7-8,11-18,32H2,1H3,(H,33,36)(H,34,37)(H,39,40);(H,6,7)/t21-,22-,23?;/m1./s1. The van der Waals surface area contributed by atoms with E-state index >= 15 is 0 Å². The van der Waals surface area contributed by atoms with Gasteiger partial charge >= 0.3 is 24.3 Å². The van der Waals surface area contributed by atoms with Crippen molar-refractivity contribution in [1.29, 1.82) is 0 Å². The molecule has 3 amide bonds. The highest BCUT2D eigenvalue weighted by atomic mass is 19.4. The number of rotatable bonds is 15. The van der Waals surface area contributed by atoms with E-state index in [-0.39, 0.29) is 44.7 Å². The summed E-state index contributed by atoms with van der Waals surface area (Å²) in [4.78, 5) is 61.1. The summed E-state index contributed by atoms with van der Waals surface area (Å²) in [6, 6.07) is 5.97. The molecule has 1 saturated heterocycles. The second-order valence-corrected chi connectivity index (χ2v) is 11.2. The third-order valence-corrected chi connectivity index (χ3v) is 7.33. The fraction of sp³-hybridized carbons (Fsp3) is 0.633. The molecule has 17 heteroatoms. The van der Waals surface area contributed by atoms with Crippen molar-refractivity contribution in [3.05, 3.63) is 35.9 Å². The van der Waals surface area contributed by atoms with Crippen LogP contribution < -0.4 is 16.4 Å². The Morgan fingerprint density at radius 2 is 1.40 bits per heavy atom. The molecule has 0 saturated carbocycles. The zero-order chi connectivity index (χ0) is 35.8. The average Bonchev–Trinajstić information content (AvgIpc) is 3.00. The Kier molecular flexibility index (Phi) is 17.2. The lowest BCUT2D eigenvalue weighted by Gasteiger charge is -2.33. The van der Waals surface area contributed by atoms with E-state index in [1.807, 2.05) is 13.0 Å². The Balaban J connectivity index is 0.00000141. The van der Waals surface area contributed by atoms with Gasteiger partial charge in [-0.3, -0.25) is 19.2 Å². The molecule has 0 bridgehead atoms. The van der Waals surface area contributed by atoms with Crippen LogP contribution in [0.5, 0.6) is 0 Å². The maximum Gasteiger partial charge on any atom is 0.490 e. The largest absolute Gasteiger partial charge is 0.490 e. The Bertz CT molecular complexity index is 1160. The van der Waals surface area contributed by atoms with Crippen molar-refractivity contribution in [1.82, 2.24) is 15.5 Å². The lowest BCUT2D eigenvalue weighted by Crippen LogP contribution is -2.57. The first-order valence-corrected chi connectivity index (χ1v) is 15.1. The maximum absolute atomic E-state index is 13.3. The lowest BCUT2D eigenvalue weighted by atomic mass is 9.96. The van der Waals surface area contributed by atoms with Crippen LogP contribution in [0.25, 0.3) is 0 Å². The molecule has 0 aromatic heterocycles. The van der Waals surface area contributed by atoms with Crippen molar-refractivity contribution in [3.63, 3.8) is 0 Å². The minimum atomic E-state index is -5.08. The number of aliphatic carboxylic acids is 2. The Morgan fingerprint density at radius 3 is 1.89 bits per heavy atom. The molecule has 1 unspecified atom stereocenters. The van der Waals surface area contributed by atoms with Gasteiger partial charge in [-0.05, 0) is 44.1 Å². The van der Waals surface area contributed by atoms with E-state index in [4.69, 9.17) is 15.6 Å². The normalized spacial score (nSPS) is 15.8. The number of likely N-dealkylation sites (tertiary alicyclic amines) is 1. The summed E-state index contributed by atoms with van der Waals surface area (Å²) in [7, 11) is 0. The van der Waals surface area contributed by atoms with Crippen molar-refractivity contribution in [2.24, 2.45) is 11.7 Å². The van der Waals surface area contributed by atoms with E-state index in [2.05, 4.69) is 10.6 Å². The molecule has 1 aliphatic heterocycles. The molecule has 2 rings (SSSR count). The predicted molar refractivity (Wildman–Crippen MR) is 157 cm³/mol. The first-order chi connectivity index (χ1) is 21.9. The van der Waals surface area contributed by atoms with Crippen LogP contribution in [0.3, 0.4) is 0 Å². The molecule has 6 N–H and O–H groups in total. The number of nitrogens with two attached hydrogens (primary N) is 1. The van der Waals surface area contributed by atoms with Crippen LogP contribution in [0.4, 0.5) is 26.3 Å². The molecule has 266 valence electrons. The molecule has 0 spiro atoms. The molecule has 1 aromatic rings. The fourth-order valence-electron chi connectivity index (χ4n) is 4.69. The molecule has 1 aromatic carbocycles. The van der Waals surface area contributed by atoms with Crippen molar-refractivity contribution in [3.8, 4) is 0 Å². The topological polar surface area (TPSA) is 179 Å². The zero-order valence-corrected chi connectivity index (χ0v) is 25.9. The summed E-state index contributed by atoms with van der Waals surface area (Å²) in [5.74, 6) is -5.81. The van der Waals surface area contributed by atoms with Crippen LogP contribution in [0, 0.1) is 5.92 Å². The molecule has 3 atom stereocenters. The molecule has 0 radical (unpaired) electrons. The summed E-state index contributed by atoms with van der Waals surface area (Å²) in [5.41, 5.74) is 6.87. The van der Waals surface area contributed by atoms with E-state index in [1.165, 1.54) is 4.90 Å². The number of benzene rings is 1. The van der Waals surface area contributed by atoms with Gasteiger partial charge in [0.2, 0.25) is 17.7 Å². The summed E-state index contributed by atoms with van der Waals surface area (Å²) < 4.78 is 69.7. The smallest absolute Gasteiger partial charge is 0.481 e. The second kappa shape index (κ2) is 19.7. The third kappa shape index (κ3) is 16.5. The average molecular weight is 685 g/mol. The Morgan fingerprint density at radius 1 is 0.872 bits per heavy atom.